The van der Waals surface area contributed by atoms with Crippen molar-refractivity contribution >= 4 is 46.6 Å². The number of nitrogens with one attached hydrogen (secondary N) is 1. The van der Waals surface area contributed by atoms with E-state index >= 15 is 0 Å². The van der Waals surface area contributed by atoms with Crippen molar-refractivity contribution in [1.29, 1.82) is 0 Å². The summed E-state index contributed by atoms with van der Waals surface area (Å²) in [6, 6.07) is 3.47. The van der Waals surface area contributed by atoms with Crippen LogP contribution in [0.5, 0.6) is 17.2 Å². The Kier molecular flexibility index (Phi) is 8.32. The zero-order chi connectivity index (χ0) is 21.8. The van der Waals surface area contributed by atoms with E-state index in [0.29, 0.717) is 33.4 Å². The molecule has 0 saturated carbocycles. The highest BCUT2D eigenvalue weighted by Gasteiger charge is 2.26. The molecule has 8 nitrogen and oxygen atoms in total. The summed E-state index contributed by atoms with van der Waals surface area (Å²) in [5, 5.41) is 3.29. The SMILES string of the molecule is COc1cc(/C=C/C(=O)Nc2sc3c(c2C(N)=O)CCN(C)C3)cc(OC)c1OC.Cl. The molecule has 1 aliphatic rings. The third-order valence-electron chi connectivity index (χ3n) is 4.85. The van der Waals surface area contributed by atoms with Crippen molar-refractivity contribution in [2.75, 3.05) is 40.2 Å². The zero-order valence-corrected chi connectivity index (χ0v) is 19.4. The monoisotopic (exact) mass is 467 g/mol. The Balaban J connectivity index is 0.00000341. The van der Waals surface area contributed by atoms with Crippen molar-refractivity contribution in [3.8, 4) is 17.2 Å². The minimum atomic E-state index is -0.527. The van der Waals surface area contributed by atoms with Gasteiger partial charge in [-0.15, -0.1) is 23.7 Å². The molecule has 1 aromatic heterocycles. The van der Waals surface area contributed by atoms with Gasteiger partial charge in [0.05, 0.1) is 26.9 Å². The van der Waals surface area contributed by atoms with E-state index in [2.05, 4.69) is 10.2 Å². The van der Waals surface area contributed by atoms with E-state index in [4.69, 9.17) is 19.9 Å². The Labute approximate surface area is 191 Å². The third kappa shape index (κ3) is 5.30. The lowest BCUT2D eigenvalue weighted by Crippen LogP contribution is -2.27. The van der Waals surface area contributed by atoms with Crippen molar-refractivity contribution in [1.82, 2.24) is 4.90 Å². The number of carbonyl (C=O) groups excluding carboxylic acids is 2. The van der Waals surface area contributed by atoms with Gasteiger partial charge in [0.25, 0.3) is 5.91 Å². The number of benzene rings is 1. The number of likely N-dealkylation sites (N-methyl/N-ethyl adjacent to an activating group) is 1. The molecule has 2 amide bonds. The first-order valence-electron chi connectivity index (χ1n) is 9.29. The zero-order valence-electron chi connectivity index (χ0n) is 17.8. The molecular weight excluding hydrogens is 442 g/mol. The molecule has 168 valence electrons. The van der Waals surface area contributed by atoms with Crippen molar-refractivity contribution in [3.05, 3.63) is 39.8 Å². The van der Waals surface area contributed by atoms with Gasteiger partial charge in [0.2, 0.25) is 11.7 Å². The number of carbonyl (C=O) groups is 2. The summed E-state index contributed by atoms with van der Waals surface area (Å²) in [5.41, 5.74) is 7.64. The molecular formula is C21H26ClN3O5S. The van der Waals surface area contributed by atoms with E-state index in [9.17, 15) is 9.59 Å². The Morgan fingerprint density at radius 1 is 1.16 bits per heavy atom. The fraction of sp³-hybridized carbons (Fsp3) is 0.333. The number of halogens is 1. The van der Waals surface area contributed by atoms with Gasteiger partial charge in [0, 0.05) is 24.0 Å². The Bertz CT molecular complexity index is 980. The summed E-state index contributed by atoms with van der Waals surface area (Å²) in [6.07, 6.45) is 3.75. The van der Waals surface area contributed by atoms with Crippen molar-refractivity contribution in [3.63, 3.8) is 0 Å². The first-order valence-corrected chi connectivity index (χ1v) is 10.1. The van der Waals surface area contributed by atoms with E-state index in [0.717, 1.165) is 30.0 Å². The second kappa shape index (κ2) is 10.5. The molecule has 0 bridgehead atoms. The predicted octanol–water partition coefficient (Wildman–Crippen LogP) is 2.93. The second-order valence-corrected chi connectivity index (χ2v) is 7.95. The molecule has 2 heterocycles. The van der Waals surface area contributed by atoms with Gasteiger partial charge < -0.3 is 30.2 Å². The molecule has 1 aromatic carbocycles. The summed E-state index contributed by atoms with van der Waals surface area (Å²) in [6.45, 7) is 1.58. The van der Waals surface area contributed by atoms with Gasteiger partial charge in [0.1, 0.15) is 5.00 Å². The summed E-state index contributed by atoms with van der Waals surface area (Å²) in [5.74, 6) is 0.562. The molecule has 0 saturated heterocycles. The molecule has 2 aromatic rings. The van der Waals surface area contributed by atoms with E-state index < -0.39 is 5.91 Å². The maximum atomic E-state index is 12.5. The molecule has 0 fully saturated rings. The second-order valence-electron chi connectivity index (χ2n) is 6.84. The normalized spacial score (nSPS) is 13.3. The van der Waals surface area contributed by atoms with Crippen LogP contribution in [-0.2, 0) is 17.8 Å². The van der Waals surface area contributed by atoms with Crippen LogP contribution in [0.25, 0.3) is 6.08 Å². The molecule has 0 atom stereocenters. The predicted molar refractivity (Wildman–Crippen MR) is 124 cm³/mol. The van der Waals surface area contributed by atoms with Crippen LogP contribution in [0.3, 0.4) is 0 Å². The fourth-order valence-corrected chi connectivity index (χ4v) is 4.74. The number of amides is 2. The van der Waals surface area contributed by atoms with Gasteiger partial charge >= 0.3 is 0 Å². The standard InChI is InChI=1S/C21H25N3O5S.ClH/c1-24-8-7-13-16(11-24)30-21(18(13)20(22)26)23-17(25)6-5-12-9-14(27-2)19(29-4)15(10-12)28-3;/h5-6,9-10H,7-8,11H2,1-4H3,(H2,22,26)(H,23,25);1H/b6-5+;. The van der Waals surface area contributed by atoms with Crippen LogP contribution in [0.15, 0.2) is 18.2 Å². The molecule has 0 unspecified atom stereocenters. The number of ether oxygens (including phenoxy) is 3. The van der Waals surface area contributed by atoms with Gasteiger partial charge in [-0.2, -0.15) is 0 Å². The van der Waals surface area contributed by atoms with E-state index in [1.54, 1.807) is 18.2 Å². The van der Waals surface area contributed by atoms with Crippen LogP contribution in [0.2, 0.25) is 0 Å². The van der Waals surface area contributed by atoms with Crippen molar-refractivity contribution < 1.29 is 23.8 Å². The van der Waals surface area contributed by atoms with E-state index in [1.165, 1.54) is 38.7 Å². The van der Waals surface area contributed by atoms with Crippen molar-refractivity contribution in [2.24, 2.45) is 5.73 Å². The van der Waals surface area contributed by atoms with Crippen molar-refractivity contribution in [2.45, 2.75) is 13.0 Å². The highest BCUT2D eigenvalue weighted by Crippen LogP contribution is 2.39. The molecule has 1 aliphatic heterocycles. The molecule has 0 aliphatic carbocycles. The largest absolute Gasteiger partial charge is 0.493 e. The highest BCUT2D eigenvalue weighted by atomic mass is 35.5. The quantitative estimate of drug-likeness (QED) is 0.607. The molecule has 0 radical (unpaired) electrons. The number of methoxy groups -OCH3 is 3. The lowest BCUT2D eigenvalue weighted by molar-refractivity contribution is -0.111. The molecule has 31 heavy (non-hydrogen) atoms. The van der Waals surface area contributed by atoms with Crippen LogP contribution in [0.1, 0.15) is 26.4 Å². The van der Waals surface area contributed by atoms with Gasteiger partial charge in [-0.1, -0.05) is 0 Å². The maximum absolute atomic E-state index is 12.5. The number of nitrogens with two attached hydrogens (primary N) is 1. The van der Waals surface area contributed by atoms with E-state index in [-0.39, 0.29) is 18.3 Å². The highest BCUT2D eigenvalue weighted by molar-refractivity contribution is 7.17. The van der Waals surface area contributed by atoms with Gasteiger partial charge in [0.15, 0.2) is 11.5 Å². The number of primary amides is 1. The minimum Gasteiger partial charge on any atom is -0.493 e. The number of nitrogens with zero attached hydrogens (tertiary/aromatic N) is 1. The lowest BCUT2D eigenvalue weighted by atomic mass is 10.0. The summed E-state index contributed by atoms with van der Waals surface area (Å²) < 4.78 is 16.0. The first-order chi connectivity index (χ1) is 14.4. The summed E-state index contributed by atoms with van der Waals surface area (Å²) in [7, 11) is 6.60. The van der Waals surface area contributed by atoms with Crippen LogP contribution in [0.4, 0.5) is 5.00 Å². The van der Waals surface area contributed by atoms with Crippen LogP contribution in [-0.4, -0.2) is 51.6 Å². The first kappa shape index (κ1) is 24.5. The summed E-state index contributed by atoms with van der Waals surface area (Å²) in [4.78, 5) is 27.8. The third-order valence-corrected chi connectivity index (χ3v) is 5.98. The number of thiophene rings is 1. The smallest absolute Gasteiger partial charge is 0.251 e. The summed E-state index contributed by atoms with van der Waals surface area (Å²) >= 11 is 1.40. The number of rotatable bonds is 7. The molecule has 10 heteroatoms. The average Bonchev–Trinajstić information content (AvgIpc) is 3.08. The Hall–Kier alpha value is -2.75. The topological polar surface area (TPSA) is 103 Å². The fourth-order valence-electron chi connectivity index (χ4n) is 3.40. The average molecular weight is 468 g/mol. The van der Waals surface area contributed by atoms with E-state index in [1.807, 2.05) is 7.05 Å². The molecule has 0 spiro atoms. The van der Waals surface area contributed by atoms with Crippen LogP contribution >= 0.6 is 23.7 Å². The Morgan fingerprint density at radius 3 is 2.35 bits per heavy atom. The number of hydrogen-bond donors (Lipinski definition) is 2. The molecule has 3 N–H and O–H groups in total. The Morgan fingerprint density at radius 2 is 1.81 bits per heavy atom. The number of hydrogen-bond acceptors (Lipinski definition) is 7. The van der Waals surface area contributed by atoms with Crippen LogP contribution < -0.4 is 25.3 Å². The maximum Gasteiger partial charge on any atom is 0.251 e. The van der Waals surface area contributed by atoms with Crippen LogP contribution in [0, 0.1) is 0 Å². The number of fused-ring (bicyclic) bond motifs is 1. The number of anilines is 1. The van der Waals surface area contributed by atoms with Gasteiger partial charge in [-0.25, -0.2) is 0 Å². The molecule has 3 rings (SSSR count). The minimum absolute atomic E-state index is 0. The lowest BCUT2D eigenvalue weighted by Gasteiger charge is -2.22. The van der Waals surface area contributed by atoms with Gasteiger partial charge in [-0.05, 0) is 42.8 Å². The van der Waals surface area contributed by atoms with Gasteiger partial charge in [-0.3, -0.25) is 9.59 Å².